The van der Waals surface area contributed by atoms with E-state index in [9.17, 15) is 0 Å². The van der Waals surface area contributed by atoms with E-state index in [1.54, 1.807) is 0 Å². The molecule has 0 aliphatic rings. The SMILES string of the molecule is C.CP=S.CP=S.CP=S.CP=S.II(I)I(I)I(I)I(I)I(I)I(I)I(I)I(I)I.NP=S.[HH]. The van der Waals surface area contributed by atoms with Crippen molar-refractivity contribution in [2.75, 3.05) is 26.7 Å². The summed E-state index contributed by atoms with van der Waals surface area (Å²) in [6, 6.07) is 0. The van der Waals surface area contributed by atoms with E-state index in [2.05, 4.69) is 251 Å². The van der Waals surface area contributed by atoms with E-state index in [0.29, 0.717) is 7.51 Å². The third-order valence-corrected chi connectivity index (χ3v) is 1160. The Bertz CT molecular complexity index is 409. The molecule has 0 bridgehead atoms. The molecule has 0 fully saturated rings. The Morgan fingerprint density at radius 2 is 0.559 bits per heavy atom. The van der Waals surface area contributed by atoms with Gasteiger partial charge in [0.2, 0.25) is 0 Å². The largest absolute Gasteiger partial charge is 0.276 e. The smallest absolute Gasteiger partial charge is 0.0555 e. The van der Waals surface area contributed by atoms with Crippen molar-refractivity contribution in [1.29, 1.82) is 0 Å². The van der Waals surface area contributed by atoms with Gasteiger partial charge in [-0.05, 0) is 67.9 Å². The van der Waals surface area contributed by atoms with E-state index in [0.717, 1.165) is 29.4 Å². The van der Waals surface area contributed by atoms with Gasteiger partial charge in [0.1, 0.15) is 0 Å². The molecule has 0 atom stereocenters. The van der Waals surface area contributed by atoms with Crippen LogP contribution in [0, 0.1) is 0 Å². The Morgan fingerprint density at radius 1 is 0.471 bits per heavy atom. The zero-order chi connectivity index (χ0) is 28.2. The molecule has 29 heteroatoms. The summed E-state index contributed by atoms with van der Waals surface area (Å²) in [6.45, 7) is 7.65. The number of hydrogen-bond acceptors (Lipinski definition) is 5. The minimum absolute atomic E-state index is 0. The number of halogens is 18. The van der Waals surface area contributed by atoms with Crippen LogP contribution in [0.3, 0.4) is 0 Å². The van der Waals surface area contributed by atoms with E-state index in [1.165, 1.54) is 0 Å². The second kappa shape index (κ2) is 55.5. The molecule has 0 aliphatic carbocycles. The maximum Gasteiger partial charge on any atom is 0.0555 e. The molecule has 0 saturated heterocycles. The van der Waals surface area contributed by atoms with E-state index < -0.39 is 15.8 Å². The summed E-state index contributed by atoms with van der Waals surface area (Å²) in [7, 11) is 1.37. The zero-order valence-electron chi connectivity index (χ0n) is 15.7. The minimum Gasteiger partial charge on any atom is -0.276 e. The first-order chi connectivity index (χ1) is 15.2. The second-order valence-electron chi connectivity index (χ2n) is 2.13. The van der Waals surface area contributed by atoms with Gasteiger partial charge in [0.05, 0.1) is 7.51 Å². The summed E-state index contributed by atoms with van der Waals surface area (Å²) < 4.78 is 0. The van der Waals surface area contributed by atoms with Gasteiger partial charge in [-0.1, -0.05) is 54.7 Å². The topological polar surface area (TPSA) is 26.0 Å². The van der Waals surface area contributed by atoms with Crippen molar-refractivity contribution < 1.29 is 1.43 Å². The van der Waals surface area contributed by atoms with Crippen molar-refractivity contribution in [2.24, 2.45) is 5.50 Å². The van der Waals surface area contributed by atoms with Crippen molar-refractivity contribution in [1.82, 2.24) is 0 Å². The maximum atomic E-state index is 4.63. The Labute approximate surface area is 370 Å². The monoisotopic (exact) mass is 2690 g/mol. The number of hydrogen-bond donors (Lipinski definition) is 1. The number of rotatable bonds is 7. The average Bonchev–Trinajstić information content (AvgIpc) is 2.73. The first-order valence-corrected chi connectivity index (χ1v) is 124. The summed E-state index contributed by atoms with van der Waals surface area (Å²) in [5.74, 6) is 0. The molecule has 0 heterocycles. The molecule has 34 heavy (non-hydrogen) atoms. The summed E-state index contributed by atoms with van der Waals surface area (Å²) in [5.41, 5.74) is 4.63. The fraction of sp³-hybridized carbons (Fsp3) is 1.00. The molecular formula is C5H20I18NP5S5. The normalized spacial score (nSPS) is 12.4. The van der Waals surface area contributed by atoms with Crippen LogP contribution in [0.4, 0.5) is 0 Å². The fourth-order valence-electron chi connectivity index (χ4n) is 0.185. The quantitative estimate of drug-likeness (QED) is 0.202. The second-order valence-corrected chi connectivity index (χ2v) is 399. The third kappa shape index (κ3) is 54.5. The fourth-order valence-corrected chi connectivity index (χ4v) is 2510. The Morgan fingerprint density at radius 3 is 0.647 bits per heavy atom. The standard InChI is InChI=1S/4CH3PS.CH4.I18.H2NPS.H2/c4*1-2-3;;1-11(2)13(5)15(7)17(9)18(10)16(8)14(6)12(3)4;1-2-3;/h4*1H3;1H4;;(H2,1,3);1H. The Hall–Kier alpha value is 15.7. The van der Waals surface area contributed by atoms with Crippen molar-refractivity contribution >= 4 is 345 Å². The molecule has 0 unspecified atom stereocenters. The van der Waals surface area contributed by atoms with E-state index >= 15 is 0 Å². The first kappa shape index (κ1) is 64.6. The molecule has 0 aromatic carbocycles. The van der Waals surface area contributed by atoms with Crippen LogP contribution in [0.1, 0.15) is 8.85 Å². The van der Waals surface area contributed by atoms with Crippen LogP contribution >= 0.6 is 286 Å². The van der Waals surface area contributed by atoms with Crippen LogP contribution in [0.5, 0.6) is 0 Å². The zero-order valence-corrected chi connectivity index (χ0v) is 63.0. The van der Waals surface area contributed by atoms with Crippen LogP contribution in [-0.2, 0) is 59.0 Å². The van der Waals surface area contributed by atoms with E-state index in [1.807, 2.05) is 26.7 Å². The number of nitrogens with two attached hydrogens (primary N) is 1. The van der Waals surface area contributed by atoms with Gasteiger partial charge in [0, 0.05) is 1.43 Å². The van der Waals surface area contributed by atoms with Crippen LogP contribution in [0.2, 0.25) is 0 Å². The van der Waals surface area contributed by atoms with Crippen molar-refractivity contribution in [3.05, 3.63) is 0 Å². The minimum atomic E-state index is -0.427. The molecule has 0 radical (unpaired) electrons. The van der Waals surface area contributed by atoms with Crippen LogP contribution in [-0.4, -0.2) is 26.7 Å². The molecule has 0 saturated carbocycles. The molecule has 0 spiro atoms. The Kier molecular flexibility index (Phi) is 105. The summed E-state index contributed by atoms with van der Waals surface area (Å²) in [5, 5.41) is 0. The molecule has 2 N–H and O–H groups in total. The van der Waals surface area contributed by atoms with Gasteiger partial charge in [0.15, 0.2) is 0 Å². The van der Waals surface area contributed by atoms with Gasteiger partial charge < -0.3 is 0 Å². The van der Waals surface area contributed by atoms with Gasteiger partial charge in [-0.25, -0.2) is 0 Å². The first-order valence-electron chi connectivity index (χ1n) is 5.39. The molecule has 0 aromatic heterocycles. The molecule has 0 rings (SSSR count). The van der Waals surface area contributed by atoms with Gasteiger partial charge in [-0.2, -0.15) is 0 Å². The van der Waals surface area contributed by atoms with Crippen molar-refractivity contribution in [3.8, 4) is 0 Å². The molecule has 0 aromatic rings. The maximum absolute atomic E-state index is 4.63. The van der Waals surface area contributed by atoms with Gasteiger partial charge >= 0.3 is 249 Å². The molecule has 226 valence electrons. The van der Waals surface area contributed by atoms with Crippen LogP contribution < -0.4 is 5.50 Å². The molecule has 0 aliphatic heterocycles. The summed E-state index contributed by atoms with van der Waals surface area (Å²) in [6.07, 6.45) is 0. The predicted octanol–water partition coefficient (Wildman–Crippen LogP) is 21.2. The summed E-state index contributed by atoms with van der Waals surface area (Å²) >= 11 is 51.6. The summed E-state index contributed by atoms with van der Waals surface area (Å²) in [4.78, 5) is 0. The van der Waals surface area contributed by atoms with Gasteiger partial charge in [-0.3, -0.25) is 5.50 Å². The van der Waals surface area contributed by atoms with Crippen LogP contribution in [0.25, 0.3) is 0 Å². The van der Waals surface area contributed by atoms with Crippen molar-refractivity contribution in [2.45, 2.75) is 7.43 Å². The Balaban J connectivity index is -0.0000000591. The van der Waals surface area contributed by atoms with Gasteiger partial charge in [-0.15, -0.1) is 0 Å². The predicted molar refractivity (Wildman–Crippen MR) is 361 cm³/mol. The average molecular weight is 2690 g/mol. The third-order valence-electron chi connectivity index (χ3n) is 0.571. The molecular weight excluding hydrogens is 2670 g/mol. The molecule has 1 nitrogen and oxygen atoms in total. The molecule has 0 amide bonds. The van der Waals surface area contributed by atoms with Crippen LogP contribution in [0.15, 0.2) is 0 Å². The van der Waals surface area contributed by atoms with Gasteiger partial charge in [0.25, 0.3) is 0 Å². The van der Waals surface area contributed by atoms with E-state index in [-0.39, 0.29) is 56.2 Å². The van der Waals surface area contributed by atoms with Crippen molar-refractivity contribution in [3.63, 3.8) is 0 Å². The van der Waals surface area contributed by atoms with E-state index in [4.69, 9.17) is 0 Å².